The van der Waals surface area contributed by atoms with E-state index in [-0.39, 0.29) is 6.04 Å². The Bertz CT molecular complexity index is 487. The number of guanidine groups is 1. The molecule has 0 amide bonds. The summed E-state index contributed by atoms with van der Waals surface area (Å²) in [6.07, 6.45) is 0. The molecule has 0 spiro atoms. The zero-order valence-corrected chi connectivity index (χ0v) is 16.3. The van der Waals surface area contributed by atoms with Gasteiger partial charge >= 0.3 is 0 Å². The van der Waals surface area contributed by atoms with Gasteiger partial charge in [0.2, 0.25) is 0 Å². The van der Waals surface area contributed by atoms with Crippen LogP contribution in [-0.2, 0) is 11.3 Å². The van der Waals surface area contributed by atoms with Crippen molar-refractivity contribution < 1.29 is 9.47 Å². The highest BCUT2D eigenvalue weighted by atomic mass is 16.5. The molecule has 0 saturated carbocycles. The minimum atomic E-state index is 0.206. The summed E-state index contributed by atoms with van der Waals surface area (Å²) < 4.78 is 10.9. The van der Waals surface area contributed by atoms with E-state index in [4.69, 9.17) is 9.47 Å². The molecule has 142 valence electrons. The van der Waals surface area contributed by atoms with Gasteiger partial charge in [-0.05, 0) is 37.7 Å². The summed E-state index contributed by atoms with van der Waals surface area (Å²) in [5, 5.41) is 6.59. The van der Waals surface area contributed by atoms with E-state index in [9.17, 15) is 0 Å². The van der Waals surface area contributed by atoms with Crippen molar-refractivity contribution in [1.82, 2.24) is 15.5 Å². The molecule has 0 aliphatic carbocycles. The van der Waals surface area contributed by atoms with Crippen molar-refractivity contribution in [3.05, 3.63) is 29.8 Å². The molecule has 0 aromatic heterocycles. The zero-order chi connectivity index (χ0) is 18.5. The smallest absolute Gasteiger partial charge is 0.191 e. The molecule has 1 atom stereocenters. The lowest BCUT2D eigenvalue weighted by molar-refractivity contribution is 0.179. The van der Waals surface area contributed by atoms with Crippen molar-refractivity contribution in [3.8, 4) is 5.75 Å². The second-order valence-electron chi connectivity index (χ2n) is 5.95. The highest BCUT2D eigenvalue weighted by Gasteiger charge is 2.05. The average molecular weight is 351 g/mol. The molecular formula is C19H34N4O2. The molecule has 1 aromatic carbocycles. The predicted octanol–water partition coefficient (Wildman–Crippen LogP) is 2.11. The van der Waals surface area contributed by atoms with Crippen LogP contribution in [0.25, 0.3) is 0 Å². The number of likely N-dealkylation sites (N-methyl/N-ethyl adjacent to an activating group) is 1. The van der Waals surface area contributed by atoms with Crippen molar-refractivity contribution in [3.63, 3.8) is 0 Å². The van der Waals surface area contributed by atoms with Gasteiger partial charge in [-0.1, -0.05) is 26.0 Å². The van der Waals surface area contributed by atoms with E-state index in [0.717, 1.165) is 31.3 Å². The summed E-state index contributed by atoms with van der Waals surface area (Å²) in [6.45, 7) is 11.5. The molecule has 6 heteroatoms. The van der Waals surface area contributed by atoms with Gasteiger partial charge in [0.25, 0.3) is 0 Å². The van der Waals surface area contributed by atoms with Crippen molar-refractivity contribution in [2.45, 2.75) is 33.4 Å². The van der Waals surface area contributed by atoms with Crippen LogP contribution in [0.2, 0.25) is 0 Å². The molecule has 0 radical (unpaired) electrons. The molecule has 1 rings (SSSR count). The summed E-state index contributed by atoms with van der Waals surface area (Å²) in [5.74, 6) is 1.68. The molecule has 1 aromatic rings. The van der Waals surface area contributed by atoms with Gasteiger partial charge in [-0.2, -0.15) is 0 Å². The van der Waals surface area contributed by atoms with Crippen LogP contribution in [0, 0.1) is 0 Å². The first-order valence-corrected chi connectivity index (χ1v) is 9.03. The standard InChI is InChI=1S/C19H34N4O2/c1-6-23(7-2)12-13-25-18-10-8-17(9-11-18)14-21-19(20-4)22-16(3)15-24-5/h8-11,16H,6-7,12-15H2,1-5H3,(H2,20,21,22). The highest BCUT2D eigenvalue weighted by Crippen LogP contribution is 2.12. The van der Waals surface area contributed by atoms with Crippen LogP contribution >= 0.6 is 0 Å². The summed E-state index contributed by atoms with van der Waals surface area (Å²) in [4.78, 5) is 6.57. The Morgan fingerprint density at radius 3 is 2.44 bits per heavy atom. The third kappa shape index (κ3) is 8.74. The van der Waals surface area contributed by atoms with E-state index < -0.39 is 0 Å². The fourth-order valence-electron chi connectivity index (χ4n) is 2.44. The van der Waals surface area contributed by atoms with Gasteiger partial charge in [-0.25, -0.2) is 0 Å². The Morgan fingerprint density at radius 2 is 1.88 bits per heavy atom. The largest absolute Gasteiger partial charge is 0.492 e. The number of rotatable bonds is 11. The number of nitrogens with one attached hydrogen (secondary N) is 2. The fraction of sp³-hybridized carbons (Fsp3) is 0.632. The SMILES string of the molecule is CCN(CC)CCOc1ccc(CNC(=NC)NC(C)COC)cc1. The lowest BCUT2D eigenvalue weighted by Gasteiger charge is -2.18. The third-order valence-electron chi connectivity index (χ3n) is 3.98. The van der Waals surface area contributed by atoms with Gasteiger partial charge in [0.05, 0.1) is 6.61 Å². The maximum Gasteiger partial charge on any atom is 0.191 e. The van der Waals surface area contributed by atoms with Gasteiger partial charge in [-0.3, -0.25) is 4.99 Å². The number of hydrogen-bond acceptors (Lipinski definition) is 4. The second-order valence-corrected chi connectivity index (χ2v) is 5.95. The Balaban J connectivity index is 2.38. The van der Waals surface area contributed by atoms with E-state index in [2.05, 4.69) is 53.4 Å². The maximum absolute atomic E-state index is 5.81. The average Bonchev–Trinajstić information content (AvgIpc) is 2.63. The lowest BCUT2D eigenvalue weighted by Crippen LogP contribution is -2.43. The summed E-state index contributed by atoms with van der Waals surface area (Å²) in [5.41, 5.74) is 1.18. The Kier molecular flexibility index (Phi) is 10.7. The molecule has 2 N–H and O–H groups in total. The van der Waals surface area contributed by atoms with E-state index in [0.29, 0.717) is 19.8 Å². The molecule has 25 heavy (non-hydrogen) atoms. The lowest BCUT2D eigenvalue weighted by atomic mass is 10.2. The molecule has 0 saturated heterocycles. The maximum atomic E-state index is 5.81. The van der Waals surface area contributed by atoms with Crippen LogP contribution in [0.4, 0.5) is 0 Å². The van der Waals surface area contributed by atoms with E-state index in [1.165, 1.54) is 5.56 Å². The van der Waals surface area contributed by atoms with E-state index >= 15 is 0 Å². The topological polar surface area (TPSA) is 58.1 Å². The van der Waals surface area contributed by atoms with Crippen LogP contribution < -0.4 is 15.4 Å². The van der Waals surface area contributed by atoms with Gasteiger partial charge in [0.15, 0.2) is 5.96 Å². The van der Waals surface area contributed by atoms with Crippen LogP contribution in [0.1, 0.15) is 26.3 Å². The summed E-state index contributed by atoms with van der Waals surface area (Å²) in [6, 6.07) is 8.39. The molecule has 0 heterocycles. The number of ether oxygens (including phenoxy) is 2. The van der Waals surface area contributed by atoms with Gasteiger partial charge < -0.3 is 25.0 Å². The Hall–Kier alpha value is -1.79. The first kappa shape index (κ1) is 21.3. The molecule has 0 bridgehead atoms. The Labute approximate surface area is 152 Å². The quantitative estimate of drug-likeness (QED) is 0.473. The van der Waals surface area contributed by atoms with Crippen LogP contribution in [0.5, 0.6) is 5.75 Å². The number of nitrogens with zero attached hydrogens (tertiary/aromatic N) is 2. The number of methoxy groups -OCH3 is 1. The van der Waals surface area contributed by atoms with Gasteiger partial charge in [-0.15, -0.1) is 0 Å². The van der Waals surface area contributed by atoms with Crippen molar-refractivity contribution >= 4 is 5.96 Å². The summed E-state index contributed by atoms with van der Waals surface area (Å²) in [7, 11) is 3.46. The molecule has 0 fully saturated rings. The van der Waals surface area contributed by atoms with E-state index in [1.54, 1.807) is 14.2 Å². The van der Waals surface area contributed by atoms with Crippen LogP contribution in [0.15, 0.2) is 29.3 Å². The Morgan fingerprint density at radius 1 is 1.20 bits per heavy atom. The molecule has 1 unspecified atom stereocenters. The first-order valence-electron chi connectivity index (χ1n) is 9.03. The minimum Gasteiger partial charge on any atom is -0.492 e. The molecule has 0 aliphatic rings. The normalized spacial score (nSPS) is 13.0. The monoisotopic (exact) mass is 350 g/mol. The minimum absolute atomic E-state index is 0.206. The number of benzene rings is 1. The first-order chi connectivity index (χ1) is 12.1. The fourth-order valence-corrected chi connectivity index (χ4v) is 2.44. The zero-order valence-electron chi connectivity index (χ0n) is 16.3. The predicted molar refractivity (Wildman–Crippen MR) is 104 cm³/mol. The number of hydrogen-bond donors (Lipinski definition) is 2. The highest BCUT2D eigenvalue weighted by molar-refractivity contribution is 5.79. The van der Waals surface area contributed by atoms with E-state index in [1.807, 2.05) is 12.1 Å². The molecule has 0 aliphatic heterocycles. The van der Waals surface area contributed by atoms with Gasteiger partial charge in [0, 0.05) is 33.3 Å². The van der Waals surface area contributed by atoms with Crippen molar-refractivity contribution in [2.75, 3.05) is 47.0 Å². The third-order valence-corrected chi connectivity index (χ3v) is 3.98. The molecule has 6 nitrogen and oxygen atoms in total. The van der Waals surface area contributed by atoms with Crippen molar-refractivity contribution in [1.29, 1.82) is 0 Å². The molecular weight excluding hydrogens is 316 g/mol. The van der Waals surface area contributed by atoms with Crippen LogP contribution in [-0.4, -0.2) is 63.9 Å². The summed E-state index contributed by atoms with van der Waals surface area (Å²) >= 11 is 0. The van der Waals surface area contributed by atoms with Crippen molar-refractivity contribution in [2.24, 2.45) is 4.99 Å². The second kappa shape index (κ2) is 12.6. The number of aliphatic imine (C=N–C) groups is 1. The van der Waals surface area contributed by atoms with Gasteiger partial charge in [0.1, 0.15) is 12.4 Å². The van der Waals surface area contributed by atoms with Crippen LogP contribution in [0.3, 0.4) is 0 Å².